The summed E-state index contributed by atoms with van der Waals surface area (Å²) in [5.74, 6) is 1.46. The summed E-state index contributed by atoms with van der Waals surface area (Å²) in [6.45, 7) is 2.88. The van der Waals surface area contributed by atoms with Crippen LogP contribution in [-0.4, -0.2) is 37.7 Å². The second kappa shape index (κ2) is 4.56. The minimum Gasteiger partial charge on any atom is -0.367 e. The normalized spacial score (nSPS) is 24.1. The molecule has 1 unspecified atom stereocenters. The molecule has 112 valence electrons. The first-order chi connectivity index (χ1) is 10.2. The highest BCUT2D eigenvalue weighted by Crippen LogP contribution is 2.38. The molecule has 1 saturated carbocycles. The Morgan fingerprint density at radius 2 is 2.33 bits per heavy atom. The predicted molar refractivity (Wildman–Crippen MR) is 79.6 cm³/mol. The smallest absolute Gasteiger partial charge is 0.349 e. The Bertz CT molecular complexity index is 729. The Kier molecular flexibility index (Phi) is 2.78. The van der Waals surface area contributed by atoms with Gasteiger partial charge in [-0.2, -0.15) is 5.10 Å². The molecule has 21 heavy (non-hydrogen) atoms. The lowest BCUT2D eigenvalue weighted by atomic mass is 9.70. The number of hydrogen-bond donors (Lipinski definition) is 3. The van der Waals surface area contributed by atoms with Crippen molar-refractivity contribution in [2.24, 2.45) is 0 Å². The summed E-state index contributed by atoms with van der Waals surface area (Å²) in [5.41, 5.74) is 0.734. The molecular formula is C14H20N6O. The number of anilines is 1. The van der Waals surface area contributed by atoms with Crippen molar-refractivity contribution in [1.29, 1.82) is 0 Å². The van der Waals surface area contributed by atoms with Crippen molar-refractivity contribution < 1.29 is 0 Å². The van der Waals surface area contributed by atoms with E-state index in [1.165, 1.54) is 23.7 Å². The van der Waals surface area contributed by atoms with Gasteiger partial charge in [-0.25, -0.2) is 19.3 Å². The summed E-state index contributed by atoms with van der Waals surface area (Å²) in [7, 11) is 0. The molecule has 2 fully saturated rings. The monoisotopic (exact) mass is 288 g/mol. The summed E-state index contributed by atoms with van der Waals surface area (Å²) < 4.78 is 1.49. The van der Waals surface area contributed by atoms with Gasteiger partial charge in [0, 0.05) is 17.6 Å². The maximum absolute atomic E-state index is 11.6. The fraction of sp³-hybridized carbons (Fsp3) is 0.643. The summed E-state index contributed by atoms with van der Waals surface area (Å²) >= 11 is 0. The van der Waals surface area contributed by atoms with E-state index in [9.17, 15) is 4.79 Å². The molecule has 7 heteroatoms. The molecule has 4 rings (SSSR count). The quantitative estimate of drug-likeness (QED) is 0.761. The minimum atomic E-state index is -0.239. The first-order valence-electron chi connectivity index (χ1n) is 7.62. The average Bonchev–Trinajstić information content (AvgIpc) is 2.79. The summed E-state index contributed by atoms with van der Waals surface area (Å²) in [5, 5.41) is 13.7. The van der Waals surface area contributed by atoms with Crippen molar-refractivity contribution in [3.05, 3.63) is 22.4 Å². The molecule has 1 atom stereocenters. The Hall–Kier alpha value is -1.89. The lowest BCUT2D eigenvalue weighted by Gasteiger charge is -2.48. The average molecular weight is 288 g/mol. The van der Waals surface area contributed by atoms with Crippen molar-refractivity contribution in [3.63, 3.8) is 0 Å². The van der Waals surface area contributed by atoms with Crippen LogP contribution in [0.5, 0.6) is 0 Å². The molecule has 0 amide bonds. The molecule has 1 spiro atoms. The van der Waals surface area contributed by atoms with Crippen LogP contribution in [-0.2, 0) is 0 Å². The van der Waals surface area contributed by atoms with Crippen LogP contribution in [0.2, 0.25) is 0 Å². The number of piperidine rings is 1. The highest BCUT2D eigenvalue weighted by molar-refractivity contribution is 5.50. The number of hydrogen-bond acceptors (Lipinski definition) is 5. The molecule has 1 aliphatic carbocycles. The van der Waals surface area contributed by atoms with Crippen LogP contribution < -0.4 is 16.3 Å². The predicted octanol–water partition coefficient (Wildman–Crippen LogP) is 0.813. The van der Waals surface area contributed by atoms with Crippen LogP contribution in [0.3, 0.4) is 0 Å². The molecular weight excluding hydrogens is 268 g/mol. The van der Waals surface area contributed by atoms with Gasteiger partial charge in [-0.05, 0) is 45.6 Å². The molecule has 0 bridgehead atoms. The zero-order chi connectivity index (χ0) is 14.4. The van der Waals surface area contributed by atoms with Crippen LogP contribution in [0.1, 0.15) is 37.9 Å². The minimum absolute atomic E-state index is 0.239. The third kappa shape index (κ3) is 2.12. The van der Waals surface area contributed by atoms with Crippen LogP contribution >= 0.6 is 0 Å². The largest absolute Gasteiger partial charge is 0.367 e. The second-order valence-electron chi connectivity index (χ2n) is 6.31. The van der Waals surface area contributed by atoms with E-state index in [2.05, 4.69) is 25.8 Å². The van der Waals surface area contributed by atoms with Gasteiger partial charge in [0.2, 0.25) is 0 Å². The van der Waals surface area contributed by atoms with E-state index in [1.54, 1.807) is 0 Å². The van der Waals surface area contributed by atoms with Crippen molar-refractivity contribution in [2.45, 2.75) is 50.6 Å². The molecule has 0 aromatic carbocycles. The topological polar surface area (TPSA) is 87.1 Å². The summed E-state index contributed by atoms with van der Waals surface area (Å²) in [6.07, 6.45) is 6.14. The van der Waals surface area contributed by atoms with E-state index in [0.29, 0.717) is 23.1 Å². The molecule has 1 saturated heterocycles. The fourth-order valence-electron chi connectivity index (χ4n) is 3.65. The SMILES string of the molecule is Cc1nc(NC2CCNC3(CCC3)C2)cc2n[nH]c(=O)n12. The Labute approximate surface area is 122 Å². The van der Waals surface area contributed by atoms with Gasteiger partial charge in [0.25, 0.3) is 0 Å². The van der Waals surface area contributed by atoms with Crippen molar-refractivity contribution in [1.82, 2.24) is 24.9 Å². The third-order valence-electron chi connectivity index (χ3n) is 4.86. The van der Waals surface area contributed by atoms with E-state index >= 15 is 0 Å². The standard InChI is InChI=1S/C14H20N6O/c1-9-16-11(7-12-18-19-13(21)20(9)12)17-10-3-6-15-14(8-10)4-2-5-14/h7,10,15,17H,2-6,8H2,1H3,(H,19,21). The first-order valence-corrected chi connectivity index (χ1v) is 7.62. The van der Waals surface area contributed by atoms with Gasteiger partial charge < -0.3 is 10.6 Å². The van der Waals surface area contributed by atoms with Gasteiger partial charge in [-0.3, -0.25) is 0 Å². The van der Waals surface area contributed by atoms with Gasteiger partial charge in [-0.1, -0.05) is 0 Å². The first kappa shape index (κ1) is 12.8. The zero-order valence-electron chi connectivity index (χ0n) is 12.1. The molecule has 3 heterocycles. The maximum atomic E-state index is 11.6. The number of aromatic nitrogens is 4. The fourth-order valence-corrected chi connectivity index (χ4v) is 3.65. The summed E-state index contributed by atoms with van der Waals surface area (Å²) in [4.78, 5) is 16.1. The molecule has 2 aliphatic rings. The molecule has 1 aliphatic heterocycles. The van der Waals surface area contributed by atoms with Crippen molar-refractivity contribution >= 4 is 11.5 Å². The third-order valence-corrected chi connectivity index (χ3v) is 4.86. The van der Waals surface area contributed by atoms with E-state index < -0.39 is 0 Å². The van der Waals surface area contributed by atoms with Crippen molar-refractivity contribution in [3.8, 4) is 0 Å². The highest BCUT2D eigenvalue weighted by Gasteiger charge is 2.40. The van der Waals surface area contributed by atoms with Crippen molar-refractivity contribution in [2.75, 3.05) is 11.9 Å². The van der Waals surface area contributed by atoms with Crippen LogP contribution in [0.4, 0.5) is 5.82 Å². The maximum Gasteiger partial charge on any atom is 0.349 e. The highest BCUT2D eigenvalue weighted by atomic mass is 16.1. The summed E-state index contributed by atoms with van der Waals surface area (Å²) in [6, 6.07) is 2.27. The lowest BCUT2D eigenvalue weighted by molar-refractivity contribution is 0.135. The number of nitrogens with zero attached hydrogens (tertiary/aromatic N) is 3. The number of aromatic amines is 1. The lowest BCUT2D eigenvalue weighted by Crippen LogP contribution is -2.58. The number of rotatable bonds is 2. The Morgan fingerprint density at radius 3 is 3.10 bits per heavy atom. The molecule has 2 aromatic rings. The number of H-pyrrole nitrogens is 1. The molecule has 2 aromatic heterocycles. The number of nitrogens with one attached hydrogen (secondary N) is 3. The molecule has 0 radical (unpaired) electrons. The van der Waals surface area contributed by atoms with Crippen LogP contribution in [0.15, 0.2) is 10.9 Å². The Balaban J connectivity index is 1.58. The van der Waals surface area contributed by atoms with Crippen LogP contribution in [0, 0.1) is 6.92 Å². The van der Waals surface area contributed by atoms with Gasteiger partial charge in [0.1, 0.15) is 11.6 Å². The van der Waals surface area contributed by atoms with E-state index in [4.69, 9.17) is 0 Å². The van der Waals surface area contributed by atoms with Gasteiger partial charge >= 0.3 is 5.69 Å². The molecule has 3 N–H and O–H groups in total. The van der Waals surface area contributed by atoms with Gasteiger partial charge in [-0.15, -0.1) is 0 Å². The van der Waals surface area contributed by atoms with E-state index in [0.717, 1.165) is 25.2 Å². The van der Waals surface area contributed by atoms with Gasteiger partial charge in [0.05, 0.1) is 0 Å². The van der Waals surface area contributed by atoms with E-state index in [1.807, 2.05) is 13.0 Å². The Morgan fingerprint density at radius 1 is 1.48 bits per heavy atom. The molecule has 7 nitrogen and oxygen atoms in total. The number of aryl methyl sites for hydroxylation is 1. The van der Waals surface area contributed by atoms with E-state index in [-0.39, 0.29) is 5.69 Å². The van der Waals surface area contributed by atoms with Crippen LogP contribution in [0.25, 0.3) is 5.65 Å². The number of fused-ring (bicyclic) bond motifs is 1. The van der Waals surface area contributed by atoms with Gasteiger partial charge in [0.15, 0.2) is 5.65 Å². The zero-order valence-corrected chi connectivity index (χ0v) is 12.1. The second-order valence-corrected chi connectivity index (χ2v) is 6.31.